The van der Waals surface area contributed by atoms with Crippen LogP contribution in [0.1, 0.15) is 11.4 Å². The molecule has 100 valence electrons. The SMILES string of the molecule is COc1cc(C)nc(-n2[nH]c(CC(=O)O)cc2=O)n1. The van der Waals surface area contributed by atoms with Crippen LogP contribution in [0.15, 0.2) is 16.9 Å². The van der Waals surface area contributed by atoms with Crippen molar-refractivity contribution in [3.63, 3.8) is 0 Å². The number of rotatable bonds is 4. The lowest BCUT2D eigenvalue weighted by Gasteiger charge is -2.04. The Morgan fingerprint density at radius 1 is 1.47 bits per heavy atom. The van der Waals surface area contributed by atoms with E-state index < -0.39 is 11.5 Å². The smallest absolute Gasteiger partial charge is 0.309 e. The fraction of sp³-hybridized carbons (Fsp3) is 0.273. The molecule has 0 radical (unpaired) electrons. The topological polar surface area (TPSA) is 110 Å². The minimum absolute atomic E-state index is 0.110. The number of ether oxygens (including phenoxy) is 1. The van der Waals surface area contributed by atoms with Crippen molar-refractivity contribution in [2.24, 2.45) is 0 Å². The number of aryl methyl sites for hydroxylation is 1. The molecule has 8 nitrogen and oxygen atoms in total. The number of H-pyrrole nitrogens is 1. The zero-order valence-corrected chi connectivity index (χ0v) is 10.4. The number of methoxy groups -OCH3 is 1. The zero-order chi connectivity index (χ0) is 14.0. The van der Waals surface area contributed by atoms with Gasteiger partial charge in [0.2, 0.25) is 5.88 Å². The highest BCUT2D eigenvalue weighted by Crippen LogP contribution is 2.09. The Kier molecular flexibility index (Phi) is 3.32. The summed E-state index contributed by atoms with van der Waals surface area (Å²) in [6, 6.07) is 2.82. The van der Waals surface area contributed by atoms with Crippen LogP contribution in [-0.4, -0.2) is 37.9 Å². The molecule has 0 amide bonds. The molecule has 0 fully saturated rings. The van der Waals surface area contributed by atoms with Gasteiger partial charge in [0.25, 0.3) is 11.5 Å². The van der Waals surface area contributed by atoms with E-state index in [0.29, 0.717) is 11.6 Å². The number of carbonyl (C=O) groups is 1. The molecule has 19 heavy (non-hydrogen) atoms. The molecule has 2 aromatic heterocycles. The third-order valence-corrected chi connectivity index (χ3v) is 2.34. The minimum atomic E-state index is -1.03. The van der Waals surface area contributed by atoms with Gasteiger partial charge in [-0.15, -0.1) is 0 Å². The fourth-order valence-electron chi connectivity index (χ4n) is 1.58. The number of aromatic amines is 1. The number of carboxylic acid groups (broad SMARTS) is 1. The van der Waals surface area contributed by atoms with E-state index in [4.69, 9.17) is 9.84 Å². The van der Waals surface area contributed by atoms with Crippen LogP contribution in [0.3, 0.4) is 0 Å². The molecule has 0 atom stereocenters. The van der Waals surface area contributed by atoms with Crippen LogP contribution in [-0.2, 0) is 11.2 Å². The molecule has 2 N–H and O–H groups in total. The van der Waals surface area contributed by atoms with E-state index in [9.17, 15) is 9.59 Å². The highest BCUT2D eigenvalue weighted by atomic mass is 16.5. The standard InChI is InChI=1S/C11H12N4O4/c1-6-3-8(19-2)13-11(12-6)15-9(16)4-7(14-15)5-10(17)18/h3-4,14H,5H2,1-2H3,(H,17,18). The van der Waals surface area contributed by atoms with E-state index in [0.717, 1.165) is 4.68 Å². The second-order valence-electron chi connectivity index (χ2n) is 3.88. The first-order chi connectivity index (χ1) is 8.99. The number of hydrogen-bond donors (Lipinski definition) is 2. The first-order valence-electron chi connectivity index (χ1n) is 5.42. The normalized spacial score (nSPS) is 10.4. The highest BCUT2D eigenvalue weighted by molar-refractivity contribution is 5.69. The lowest BCUT2D eigenvalue weighted by molar-refractivity contribution is -0.136. The van der Waals surface area contributed by atoms with Gasteiger partial charge in [0.05, 0.1) is 13.5 Å². The van der Waals surface area contributed by atoms with Crippen molar-refractivity contribution in [2.45, 2.75) is 13.3 Å². The molecule has 0 unspecified atom stereocenters. The summed E-state index contributed by atoms with van der Waals surface area (Å²) in [5.74, 6) is -0.599. The molecule has 0 aliphatic carbocycles. The number of carboxylic acids is 1. The van der Waals surface area contributed by atoms with Crippen LogP contribution < -0.4 is 10.3 Å². The summed E-state index contributed by atoms with van der Waals surface area (Å²) in [4.78, 5) is 30.5. The van der Waals surface area contributed by atoms with Gasteiger partial charge in [0, 0.05) is 23.5 Å². The van der Waals surface area contributed by atoms with E-state index in [1.165, 1.54) is 13.2 Å². The van der Waals surface area contributed by atoms with Crippen LogP contribution in [0.5, 0.6) is 5.88 Å². The number of nitrogens with zero attached hydrogens (tertiary/aromatic N) is 3. The van der Waals surface area contributed by atoms with E-state index in [1.54, 1.807) is 13.0 Å². The Labute approximate surface area is 107 Å². The van der Waals surface area contributed by atoms with Crippen molar-refractivity contribution >= 4 is 5.97 Å². The monoisotopic (exact) mass is 264 g/mol. The second kappa shape index (κ2) is 4.92. The van der Waals surface area contributed by atoms with Crippen LogP contribution in [0.2, 0.25) is 0 Å². The summed E-state index contributed by atoms with van der Waals surface area (Å²) in [6.45, 7) is 1.74. The Bertz CT molecular complexity index is 674. The first kappa shape index (κ1) is 12.8. The van der Waals surface area contributed by atoms with Crippen molar-refractivity contribution < 1.29 is 14.6 Å². The molecule has 2 rings (SSSR count). The fourth-order valence-corrected chi connectivity index (χ4v) is 1.58. The molecule has 0 bridgehead atoms. The molecule has 0 aromatic carbocycles. The quantitative estimate of drug-likeness (QED) is 0.797. The van der Waals surface area contributed by atoms with Crippen LogP contribution in [0, 0.1) is 6.92 Å². The van der Waals surface area contributed by atoms with E-state index in [-0.39, 0.29) is 18.1 Å². The van der Waals surface area contributed by atoms with Gasteiger partial charge < -0.3 is 9.84 Å². The van der Waals surface area contributed by atoms with Crippen molar-refractivity contribution in [1.82, 2.24) is 19.7 Å². The lowest BCUT2D eigenvalue weighted by Crippen LogP contribution is -2.17. The minimum Gasteiger partial charge on any atom is -0.481 e. The Hall–Kier alpha value is -2.64. The van der Waals surface area contributed by atoms with Crippen molar-refractivity contribution in [3.05, 3.63) is 33.9 Å². The maximum absolute atomic E-state index is 11.8. The van der Waals surface area contributed by atoms with Crippen molar-refractivity contribution in [3.8, 4) is 11.8 Å². The zero-order valence-electron chi connectivity index (χ0n) is 10.4. The van der Waals surface area contributed by atoms with E-state index in [1.807, 2.05) is 0 Å². The van der Waals surface area contributed by atoms with Gasteiger partial charge in [-0.25, -0.2) is 4.98 Å². The van der Waals surface area contributed by atoms with Gasteiger partial charge in [-0.2, -0.15) is 9.67 Å². The molecule has 0 aliphatic rings. The molecular formula is C11H12N4O4. The first-order valence-corrected chi connectivity index (χ1v) is 5.42. The highest BCUT2D eigenvalue weighted by Gasteiger charge is 2.11. The van der Waals surface area contributed by atoms with Gasteiger partial charge in [0.1, 0.15) is 0 Å². The summed E-state index contributed by atoms with van der Waals surface area (Å²) in [5, 5.41) is 11.3. The number of hydrogen-bond acceptors (Lipinski definition) is 5. The largest absolute Gasteiger partial charge is 0.481 e. The van der Waals surface area contributed by atoms with Gasteiger partial charge in [-0.1, -0.05) is 0 Å². The summed E-state index contributed by atoms with van der Waals surface area (Å²) in [6.07, 6.45) is -0.273. The number of aromatic nitrogens is 4. The van der Waals surface area contributed by atoms with E-state index in [2.05, 4.69) is 15.1 Å². The molecule has 2 heterocycles. The number of nitrogens with one attached hydrogen (secondary N) is 1. The van der Waals surface area contributed by atoms with Gasteiger partial charge in [-0.3, -0.25) is 14.7 Å². The van der Waals surface area contributed by atoms with Gasteiger partial charge in [-0.05, 0) is 6.92 Å². The van der Waals surface area contributed by atoms with Crippen LogP contribution >= 0.6 is 0 Å². The Balaban J connectivity index is 2.47. The van der Waals surface area contributed by atoms with Gasteiger partial charge >= 0.3 is 5.97 Å². The maximum Gasteiger partial charge on any atom is 0.309 e. The van der Waals surface area contributed by atoms with Crippen molar-refractivity contribution in [1.29, 1.82) is 0 Å². The molecule has 8 heteroatoms. The summed E-state index contributed by atoms with van der Waals surface area (Å²) < 4.78 is 6.07. The summed E-state index contributed by atoms with van der Waals surface area (Å²) in [5.41, 5.74) is 0.480. The average molecular weight is 264 g/mol. The molecule has 0 spiro atoms. The van der Waals surface area contributed by atoms with E-state index >= 15 is 0 Å². The summed E-state index contributed by atoms with van der Waals surface area (Å²) >= 11 is 0. The Morgan fingerprint density at radius 3 is 2.84 bits per heavy atom. The molecular weight excluding hydrogens is 252 g/mol. The second-order valence-corrected chi connectivity index (χ2v) is 3.88. The third-order valence-electron chi connectivity index (χ3n) is 2.34. The van der Waals surface area contributed by atoms with Crippen LogP contribution in [0.4, 0.5) is 0 Å². The Morgan fingerprint density at radius 2 is 2.21 bits per heavy atom. The van der Waals surface area contributed by atoms with Gasteiger partial charge in [0.15, 0.2) is 0 Å². The molecule has 0 aliphatic heterocycles. The average Bonchev–Trinajstić information content (AvgIpc) is 2.68. The third kappa shape index (κ3) is 2.79. The summed E-state index contributed by atoms with van der Waals surface area (Å²) in [7, 11) is 1.46. The predicted octanol–water partition coefficient (Wildman–Crippen LogP) is -0.100. The number of aliphatic carboxylic acids is 1. The molecule has 0 saturated heterocycles. The van der Waals surface area contributed by atoms with Crippen molar-refractivity contribution in [2.75, 3.05) is 7.11 Å². The molecule has 2 aromatic rings. The van der Waals surface area contributed by atoms with Crippen LogP contribution in [0.25, 0.3) is 5.95 Å². The predicted molar refractivity (Wildman–Crippen MR) is 64.6 cm³/mol. The maximum atomic E-state index is 11.8. The lowest BCUT2D eigenvalue weighted by atomic mass is 10.3. The molecule has 0 saturated carbocycles.